The van der Waals surface area contributed by atoms with Gasteiger partial charge < -0.3 is 4.74 Å². The van der Waals surface area contributed by atoms with Crippen LogP contribution in [-0.4, -0.2) is 13.1 Å². The Kier molecular flexibility index (Phi) is 6.03. The molecule has 0 spiro atoms. The summed E-state index contributed by atoms with van der Waals surface area (Å²) in [6.45, 7) is 0.877. The minimum Gasteiger partial charge on any atom is -0.409 e. The third kappa shape index (κ3) is 4.72. The van der Waals surface area contributed by atoms with Crippen molar-refractivity contribution in [2.75, 3.05) is 11.9 Å². The van der Waals surface area contributed by atoms with Gasteiger partial charge in [0.05, 0.1) is 16.8 Å². The molecule has 0 aliphatic carbocycles. The van der Waals surface area contributed by atoms with Gasteiger partial charge in [0.1, 0.15) is 16.6 Å². The average molecular weight is 448 g/mol. The lowest BCUT2D eigenvalue weighted by atomic mass is 10.0. The molecule has 0 saturated carbocycles. The highest BCUT2D eigenvalue weighted by Gasteiger charge is 2.40. The molecule has 0 unspecified atom stereocenters. The molecular formula is C17H10ClF8NO2. The second-order valence-corrected chi connectivity index (χ2v) is 6.16. The maximum absolute atomic E-state index is 14.0. The molecule has 0 aliphatic heterocycles. The van der Waals surface area contributed by atoms with Crippen molar-refractivity contribution in [3.8, 4) is 5.75 Å². The summed E-state index contributed by atoms with van der Waals surface area (Å²) in [6, 6.07) is 1.65. The summed E-state index contributed by atoms with van der Waals surface area (Å²) in [6.07, 6.45) is -11.9. The number of amides is 1. The van der Waals surface area contributed by atoms with Gasteiger partial charge in [0.2, 0.25) is 0 Å². The fourth-order valence-electron chi connectivity index (χ4n) is 2.31. The zero-order valence-electron chi connectivity index (χ0n) is 14.5. The standard InChI is InChI=1S/C17H10ClF8NO2/c1-7-5-8(16(21,22)23)6-9(17(24,25)26)14(7)29-15(28)27(2)11-4-3-10(19)12(18)13(11)20/h3-6H,1-2H3. The molecule has 12 heteroatoms. The zero-order valence-corrected chi connectivity index (χ0v) is 15.2. The van der Waals surface area contributed by atoms with Crippen molar-refractivity contribution < 1.29 is 44.7 Å². The van der Waals surface area contributed by atoms with Gasteiger partial charge >= 0.3 is 18.4 Å². The molecule has 2 rings (SSSR count). The van der Waals surface area contributed by atoms with E-state index in [9.17, 15) is 39.9 Å². The molecule has 0 aliphatic rings. The Morgan fingerprint density at radius 3 is 2.14 bits per heavy atom. The van der Waals surface area contributed by atoms with E-state index in [1.165, 1.54) is 0 Å². The van der Waals surface area contributed by atoms with Crippen LogP contribution in [0.4, 0.5) is 45.6 Å². The van der Waals surface area contributed by atoms with Gasteiger partial charge in [-0.25, -0.2) is 13.6 Å². The largest absolute Gasteiger partial charge is 0.420 e. The van der Waals surface area contributed by atoms with Crippen molar-refractivity contribution in [1.82, 2.24) is 0 Å². The summed E-state index contributed by atoms with van der Waals surface area (Å²) < 4.78 is 110. The van der Waals surface area contributed by atoms with E-state index in [-0.39, 0.29) is 6.07 Å². The van der Waals surface area contributed by atoms with E-state index in [0.717, 1.165) is 20.0 Å². The summed E-state index contributed by atoms with van der Waals surface area (Å²) in [5.74, 6) is -3.71. The fourth-order valence-corrected chi connectivity index (χ4v) is 2.47. The van der Waals surface area contributed by atoms with Crippen LogP contribution in [-0.2, 0) is 12.4 Å². The van der Waals surface area contributed by atoms with E-state index in [1.54, 1.807) is 0 Å². The predicted octanol–water partition coefficient (Wildman–Crippen LogP) is 6.60. The summed E-state index contributed by atoms with van der Waals surface area (Å²) in [5, 5.41) is -0.969. The van der Waals surface area contributed by atoms with E-state index in [4.69, 9.17) is 11.6 Å². The number of hydrogen-bond donors (Lipinski definition) is 0. The topological polar surface area (TPSA) is 29.5 Å². The van der Waals surface area contributed by atoms with Crippen molar-refractivity contribution in [2.45, 2.75) is 19.3 Å². The van der Waals surface area contributed by atoms with Crippen LogP contribution < -0.4 is 9.64 Å². The number of carbonyl (C=O) groups excluding carboxylic acids is 1. The number of aryl methyl sites for hydroxylation is 1. The molecule has 0 atom stereocenters. The highest BCUT2D eigenvalue weighted by atomic mass is 35.5. The number of ether oxygens (including phenoxy) is 1. The third-order valence-electron chi connectivity index (χ3n) is 3.75. The smallest absolute Gasteiger partial charge is 0.409 e. The number of benzene rings is 2. The number of hydrogen-bond acceptors (Lipinski definition) is 2. The molecule has 0 radical (unpaired) electrons. The van der Waals surface area contributed by atoms with Crippen LogP contribution in [0.25, 0.3) is 0 Å². The molecule has 0 saturated heterocycles. The first-order valence-corrected chi connectivity index (χ1v) is 7.90. The van der Waals surface area contributed by atoms with Crippen molar-refractivity contribution in [1.29, 1.82) is 0 Å². The lowest BCUT2D eigenvalue weighted by molar-refractivity contribution is -0.143. The van der Waals surface area contributed by atoms with Gasteiger partial charge in [-0.15, -0.1) is 0 Å². The quantitative estimate of drug-likeness (QED) is 0.383. The van der Waals surface area contributed by atoms with Gasteiger partial charge in [0, 0.05) is 7.05 Å². The minimum absolute atomic E-state index is 0.203. The SMILES string of the molecule is Cc1cc(C(F)(F)F)cc(C(F)(F)F)c1OC(=O)N(C)c1ccc(F)c(Cl)c1F. The zero-order chi connectivity index (χ0) is 22.3. The second kappa shape index (κ2) is 7.69. The molecule has 0 N–H and O–H groups in total. The Hall–Kier alpha value is -2.56. The van der Waals surface area contributed by atoms with Crippen molar-refractivity contribution in [3.63, 3.8) is 0 Å². The number of nitrogens with zero attached hydrogens (tertiary/aromatic N) is 1. The van der Waals surface area contributed by atoms with Crippen LogP contribution in [0.15, 0.2) is 24.3 Å². The Balaban J connectivity index is 2.48. The summed E-state index contributed by atoms with van der Waals surface area (Å²) in [7, 11) is 0.891. The summed E-state index contributed by atoms with van der Waals surface area (Å²) in [5.41, 5.74) is -4.69. The molecular weight excluding hydrogens is 438 g/mol. The van der Waals surface area contributed by atoms with Crippen molar-refractivity contribution >= 4 is 23.4 Å². The molecule has 2 aromatic carbocycles. The van der Waals surface area contributed by atoms with Crippen LogP contribution in [0, 0.1) is 18.6 Å². The van der Waals surface area contributed by atoms with E-state index in [0.29, 0.717) is 17.0 Å². The summed E-state index contributed by atoms with van der Waals surface area (Å²) in [4.78, 5) is 12.6. The number of carbonyl (C=O) groups is 1. The second-order valence-electron chi connectivity index (χ2n) is 5.79. The first-order chi connectivity index (χ1) is 13.1. The highest BCUT2D eigenvalue weighted by Crippen LogP contribution is 2.42. The van der Waals surface area contributed by atoms with Gasteiger partial charge in [-0.3, -0.25) is 4.90 Å². The van der Waals surface area contributed by atoms with Crippen LogP contribution >= 0.6 is 11.6 Å². The molecule has 3 nitrogen and oxygen atoms in total. The Labute approximate surface area is 163 Å². The molecule has 29 heavy (non-hydrogen) atoms. The van der Waals surface area contributed by atoms with Crippen LogP contribution in [0.3, 0.4) is 0 Å². The Bertz CT molecular complexity index is 956. The van der Waals surface area contributed by atoms with Crippen LogP contribution in [0.2, 0.25) is 5.02 Å². The minimum atomic E-state index is -5.29. The molecule has 2 aromatic rings. The van der Waals surface area contributed by atoms with Gasteiger partial charge in [-0.2, -0.15) is 26.3 Å². The lowest BCUT2D eigenvalue weighted by Gasteiger charge is -2.22. The lowest BCUT2D eigenvalue weighted by Crippen LogP contribution is -2.31. The number of alkyl halides is 6. The normalized spacial score (nSPS) is 12.1. The molecule has 0 aromatic heterocycles. The maximum atomic E-state index is 14.0. The van der Waals surface area contributed by atoms with E-state index in [1.807, 2.05) is 0 Å². The van der Waals surface area contributed by atoms with Gasteiger partial charge in [-0.05, 0) is 36.8 Å². The molecule has 0 heterocycles. The highest BCUT2D eigenvalue weighted by molar-refractivity contribution is 6.31. The third-order valence-corrected chi connectivity index (χ3v) is 4.09. The van der Waals surface area contributed by atoms with Gasteiger partial charge in [0.25, 0.3) is 0 Å². The van der Waals surface area contributed by atoms with Gasteiger partial charge in [0.15, 0.2) is 5.82 Å². The van der Waals surface area contributed by atoms with E-state index >= 15 is 0 Å². The Morgan fingerprint density at radius 2 is 1.62 bits per heavy atom. The first-order valence-electron chi connectivity index (χ1n) is 7.52. The molecule has 0 bridgehead atoms. The number of anilines is 1. The van der Waals surface area contributed by atoms with Crippen molar-refractivity contribution in [3.05, 3.63) is 57.6 Å². The fraction of sp³-hybridized carbons (Fsp3) is 0.235. The van der Waals surface area contributed by atoms with Crippen molar-refractivity contribution in [2.24, 2.45) is 0 Å². The summed E-state index contributed by atoms with van der Waals surface area (Å²) >= 11 is 5.38. The Morgan fingerprint density at radius 1 is 1.03 bits per heavy atom. The number of rotatable bonds is 2. The van der Waals surface area contributed by atoms with Crippen LogP contribution in [0.5, 0.6) is 5.75 Å². The molecule has 158 valence electrons. The first kappa shape index (κ1) is 22.7. The monoisotopic (exact) mass is 447 g/mol. The molecule has 0 fully saturated rings. The van der Waals surface area contributed by atoms with Gasteiger partial charge in [-0.1, -0.05) is 11.6 Å². The maximum Gasteiger partial charge on any atom is 0.420 e. The van der Waals surface area contributed by atoms with E-state index in [2.05, 4.69) is 4.74 Å². The molecule has 1 amide bonds. The van der Waals surface area contributed by atoms with Crippen LogP contribution in [0.1, 0.15) is 16.7 Å². The average Bonchev–Trinajstić information content (AvgIpc) is 2.58. The van der Waals surface area contributed by atoms with E-state index < -0.39 is 63.2 Å². The number of halogens is 9. The predicted molar refractivity (Wildman–Crippen MR) is 87.0 cm³/mol.